The van der Waals surface area contributed by atoms with E-state index in [0.29, 0.717) is 5.75 Å². The number of carbonyl (C=O) groups is 2. The molecule has 0 rings (SSSR count). The van der Waals surface area contributed by atoms with E-state index in [1.165, 1.54) is 0 Å². The number of amides is 2. The highest BCUT2D eigenvalue weighted by Gasteiger charge is 2.26. The smallest absolute Gasteiger partial charge is 0.404 e. The van der Waals surface area contributed by atoms with Crippen LogP contribution in [0, 0.1) is 5.41 Å². The summed E-state index contributed by atoms with van der Waals surface area (Å²) in [5.41, 5.74) is 9.69. The van der Waals surface area contributed by atoms with Gasteiger partial charge in [-0.15, -0.1) is 0 Å². The fraction of sp³-hybridized carbons (Fsp3) is 0.778. The maximum Gasteiger partial charge on any atom is 0.404 e. The number of nitrogens with two attached hydrogens (primary N) is 2. The fourth-order valence-electron chi connectivity index (χ4n) is 1.28. The molecule has 0 saturated carbocycles. The van der Waals surface area contributed by atoms with Gasteiger partial charge in [-0.05, 0) is 6.42 Å². The molecule has 2 amide bonds. The van der Waals surface area contributed by atoms with Gasteiger partial charge in [0.05, 0.1) is 6.61 Å². The topological polar surface area (TPSA) is 95.4 Å². The van der Waals surface area contributed by atoms with Crippen LogP contribution in [0.15, 0.2) is 0 Å². The number of hydrogen-bond acceptors (Lipinski definition) is 4. The predicted octanol–water partition coefficient (Wildman–Crippen LogP) is 1.70. The Kier molecular flexibility index (Phi) is 6.15. The van der Waals surface area contributed by atoms with Gasteiger partial charge in [0, 0.05) is 11.2 Å². The number of primary amides is 2. The van der Waals surface area contributed by atoms with Gasteiger partial charge in [-0.2, -0.15) is 0 Å². The summed E-state index contributed by atoms with van der Waals surface area (Å²) in [4.78, 5) is 21.1. The zero-order chi connectivity index (χ0) is 11.9. The molecule has 15 heavy (non-hydrogen) atoms. The number of thioether (sulfide) groups is 1. The lowest BCUT2D eigenvalue weighted by atomic mass is 9.89. The molecular weight excluding hydrogens is 216 g/mol. The second-order valence-corrected chi connectivity index (χ2v) is 4.76. The van der Waals surface area contributed by atoms with Gasteiger partial charge < -0.3 is 16.2 Å². The highest BCUT2D eigenvalue weighted by atomic mass is 32.2. The summed E-state index contributed by atoms with van der Waals surface area (Å²) in [5.74, 6) is 0.531. The molecule has 0 aliphatic rings. The van der Waals surface area contributed by atoms with E-state index in [2.05, 4.69) is 0 Å². The molecule has 0 aliphatic carbocycles. The molecule has 0 aromatic heterocycles. The van der Waals surface area contributed by atoms with E-state index in [9.17, 15) is 9.59 Å². The van der Waals surface area contributed by atoms with Gasteiger partial charge in [0.15, 0.2) is 0 Å². The first-order valence-corrected chi connectivity index (χ1v) is 5.72. The van der Waals surface area contributed by atoms with E-state index in [-0.39, 0.29) is 12.0 Å². The van der Waals surface area contributed by atoms with Crippen LogP contribution in [0.4, 0.5) is 9.59 Å². The number of rotatable bonds is 6. The molecule has 0 radical (unpaired) electrons. The minimum Gasteiger partial charge on any atom is -0.449 e. The Bertz CT molecular complexity index is 215. The third-order valence-corrected chi connectivity index (χ3v) is 3.11. The van der Waals surface area contributed by atoms with E-state index in [1.807, 2.05) is 13.8 Å². The largest absolute Gasteiger partial charge is 0.449 e. The molecule has 0 aliphatic heterocycles. The second kappa shape index (κ2) is 6.55. The molecule has 0 saturated heterocycles. The zero-order valence-corrected chi connectivity index (χ0v) is 9.93. The van der Waals surface area contributed by atoms with Crippen molar-refractivity contribution in [3.8, 4) is 0 Å². The highest BCUT2D eigenvalue weighted by molar-refractivity contribution is 8.13. The van der Waals surface area contributed by atoms with Crippen molar-refractivity contribution in [2.24, 2.45) is 16.9 Å². The summed E-state index contributed by atoms with van der Waals surface area (Å²) in [6.45, 7) is 4.18. The molecule has 4 N–H and O–H groups in total. The van der Waals surface area contributed by atoms with Crippen LogP contribution < -0.4 is 11.5 Å². The molecule has 0 bridgehead atoms. The molecule has 6 heteroatoms. The quantitative estimate of drug-likeness (QED) is 0.731. The summed E-state index contributed by atoms with van der Waals surface area (Å²) in [7, 11) is 0. The number of carbonyl (C=O) groups excluding carboxylic acids is 2. The summed E-state index contributed by atoms with van der Waals surface area (Å²) in [6.07, 6.45) is 1.000. The van der Waals surface area contributed by atoms with Crippen LogP contribution in [0.2, 0.25) is 0 Å². The zero-order valence-electron chi connectivity index (χ0n) is 9.12. The average molecular weight is 234 g/mol. The normalized spacial score (nSPS) is 14.3. The van der Waals surface area contributed by atoms with Crippen molar-refractivity contribution >= 4 is 23.1 Å². The van der Waals surface area contributed by atoms with Crippen LogP contribution in [0.25, 0.3) is 0 Å². The Morgan fingerprint density at radius 2 is 2.00 bits per heavy atom. The van der Waals surface area contributed by atoms with Crippen molar-refractivity contribution in [2.75, 3.05) is 12.4 Å². The van der Waals surface area contributed by atoms with Crippen molar-refractivity contribution in [3.05, 3.63) is 0 Å². The molecule has 0 spiro atoms. The lowest BCUT2D eigenvalue weighted by Gasteiger charge is -2.27. The number of ether oxygens (including phenoxy) is 1. The van der Waals surface area contributed by atoms with Crippen molar-refractivity contribution in [3.63, 3.8) is 0 Å². The third kappa shape index (κ3) is 7.07. The van der Waals surface area contributed by atoms with Crippen molar-refractivity contribution in [1.82, 2.24) is 0 Å². The Labute approximate surface area is 93.9 Å². The Hall–Kier alpha value is -0.910. The summed E-state index contributed by atoms with van der Waals surface area (Å²) in [5, 5.41) is -0.420. The molecule has 0 fully saturated rings. The number of hydrogen-bond donors (Lipinski definition) is 2. The first-order chi connectivity index (χ1) is 6.89. The van der Waals surface area contributed by atoms with Crippen LogP contribution in [0.5, 0.6) is 0 Å². The van der Waals surface area contributed by atoms with E-state index in [1.54, 1.807) is 0 Å². The highest BCUT2D eigenvalue weighted by Crippen LogP contribution is 2.28. The van der Waals surface area contributed by atoms with E-state index >= 15 is 0 Å². The molecule has 0 aromatic carbocycles. The Morgan fingerprint density at radius 3 is 2.40 bits per heavy atom. The SMILES string of the molecule is CCCC(C)(COC(N)=O)CSC(N)=O. The lowest BCUT2D eigenvalue weighted by molar-refractivity contribution is 0.104. The standard InChI is InChI=1S/C9H18N2O3S/c1-3-4-9(2,5-14-7(10)12)6-15-8(11)13/h3-6H2,1-2H3,(H2,10,12)(H2,11,13). The fourth-order valence-corrected chi connectivity index (χ4v) is 2.00. The van der Waals surface area contributed by atoms with Gasteiger partial charge in [-0.25, -0.2) is 4.79 Å². The molecule has 88 valence electrons. The first-order valence-electron chi connectivity index (χ1n) is 4.74. The Balaban J connectivity index is 4.17. The van der Waals surface area contributed by atoms with Crippen molar-refractivity contribution in [1.29, 1.82) is 0 Å². The van der Waals surface area contributed by atoms with Gasteiger partial charge >= 0.3 is 6.09 Å². The summed E-state index contributed by atoms with van der Waals surface area (Å²) in [6, 6.07) is 0. The van der Waals surface area contributed by atoms with Crippen LogP contribution in [0.1, 0.15) is 26.7 Å². The minimum atomic E-state index is -0.790. The Morgan fingerprint density at radius 1 is 1.40 bits per heavy atom. The van der Waals surface area contributed by atoms with Crippen LogP contribution >= 0.6 is 11.8 Å². The lowest BCUT2D eigenvalue weighted by Crippen LogP contribution is -2.30. The van der Waals surface area contributed by atoms with Crippen LogP contribution in [-0.4, -0.2) is 23.7 Å². The van der Waals surface area contributed by atoms with Gasteiger partial charge in [-0.1, -0.05) is 32.0 Å². The van der Waals surface area contributed by atoms with E-state index < -0.39 is 11.3 Å². The molecule has 0 aromatic rings. The minimum absolute atomic E-state index is 0.219. The molecule has 0 heterocycles. The average Bonchev–Trinajstić information content (AvgIpc) is 2.13. The van der Waals surface area contributed by atoms with Gasteiger partial charge in [0.2, 0.25) is 0 Å². The monoisotopic (exact) mass is 234 g/mol. The molecule has 1 atom stereocenters. The van der Waals surface area contributed by atoms with Crippen molar-refractivity contribution < 1.29 is 14.3 Å². The van der Waals surface area contributed by atoms with Crippen LogP contribution in [-0.2, 0) is 4.74 Å². The molecular formula is C9H18N2O3S. The predicted molar refractivity (Wildman–Crippen MR) is 60.6 cm³/mol. The third-order valence-electron chi connectivity index (χ3n) is 1.98. The maximum atomic E-state index is 10.6. The van der Waals surface area contributed by atoms with Gasteiger partial charge in [0.1, 0.15) is 0 Å². The van der Waals surface area contributed by atoms with E-state index in [0.717, 1.165) is 24.6 Å². The first kappa shape index (κ1) is 14.1. The maximum absolute atomic E-state index is 10.6. The van der Waals surface area contributed by atoms with Crippen molar-refractivity contribution in [2.45, 2.75) is 26.7 Å². The van der Waals surface area contributed by atoms with E-state index in [4.69, 9.17) is 16.2 Å². The summed E-state index contributed by atoms with van der Waals surface area (Å²) >= 11 is 1.04. The summed E-state index contributed by atoms with van der Waals surface area (Å²) < 4.78 is 4.77. The molecule has 1 unspecified atom stereocenters. The van der Waals surface area contributed by atoms with Crippen LogP contribution in [0.3, 0.4) is 0 Å². The van der Waals surface area contributed by atoms with Gasteiger partial charge in [-0.3, -0.25) is 4.79 Å². The molecule has 5 nitrogen and oxygen atoms in total. The second-order valence-electron chi connectivity index (χ2n) is 3.78. The van der Waals surface area contributed by atoms with Gasteiger partial charge in [0.25, 0.3) is 5.24 Å².